The maximum absolute atomic E-state index is 13.0. The van der Waals surface area contributed by atoms with Gasteiger partial charge in [-0.3, -0.25) is 10.2 Å². The number of ketones is 1. The van der Waals surface area contributed by atoms with Crippen molar-refractivity contribution >= 4 is 22.8 Å². The number of ether oxygens (including phenoxy) is 1. The summed E-state index contributed by atoms with van der Waals surface area (Å²) in [5, 5.41) is 8.57. The van der Waals surface area contributed by atoms with Crippen LogP contribution in [0.15, 0.2) is 48.5 Å². The molecule has 0 atom stereocenters. The SMILES string of the molecule is CCCCn1c(=N)n(CC(=O)c2ccccc2C(=O)OC)c2ccccc21. The third-order valence-electron chi connectivity index (χ3n) is 4.64. The van der Waals surface area contributed by atoms with Gasteiger partial charge in [-0.1, -0.05) is 43.7 Å². The van der Waals surface area contributed by atoms with E-state index in [0.29, 0.717) is 5.56 Å². The number of aryl methyl sites for hydroxylation is 1. The van der Waals surface area contributed by atoms with Crippen molar-refractivity contribution < 1.29 is 14.3 Å². The zero-order valence-corrected chi connectivity index (χ0v) is 15.6. The van der Waals surface area contributed by atoms with Crippen molar-refractivity contribution in [2.45, 2.75) is 32.9 Å². The Kier molecular flexibility index (Phi) is 5.54. The van der Waals surface area contributed by atoms with Crippen LogP contribution in [0.25, 0.3) is 11.0 Å². The first kappa shape index (κ1) is 18.6. The average Bonchev–Trinajstić information content (AvgIpc) is 2.97. The Morgan fingerprint density at radius 2 is 1.56 bits per heavy atom. The molecule has 0 fully saturated rings. The molecule has 0 spiro atoms. The normalized spacial score (nSPS) is 10.9. The van der Waals surface area contributed by atoms with Crippen LogP contribution in [-0.4, -0.2) is 28.0 Å². The lowest BCUT2D eigenvalue weighted by molar-refractivity contribution is 0.0596. The summed E-state index contributed by atoms with van der Waals surface area (Å²) in [6, 6.07) is 14.3. The highest BCUT2D eigenvalue weighted by molar-refractivity contribution is 6.06. The molecule has 3 rings (SSSR count). The number of hydrogen-bond acceptors (Lipinski definition) is 4. The van der Waals surface area contributed by atoms with E-state index < -0.39 is 5.97 Å². The van der Waals surface area contributed by atoms with Crippen LogP contribution < -0.4 is 5.62 Å². The van der Waals surface area contributed by atoms with Gasteiger partial charge in [0.2, 0.25) is 5.62 Å². The van der Waals surface area contributed by atoms with Gasteiger partial charge in [0, 0.05) is 12.1 Å². The number of fused-ring (bicyclic) bond motifs is 1. The van der Waals surface area contributed by atoms with E-state index in [2.05, 4.69) is 6.92 Å². The van der Waals surface area contributed by atoms with Gasteiger partial charge in [0.15, 0.2) is 5.78 Å². The minimum absolute atomic E-state index is 0.00746. The maximum Gasteiger partial charge on any atom is 0.338 e. The van der Waals surface area contributed by atoms with Crippen molar-refractivity contribution in [1.29, 1.82) is 5.41 Å². The minimum Gasteiger partial charge on any atom is -0.465 e. The number of imidazole rings is 1. The average molecular weight is 365 g/mol. The van der Waals surface area contributed by atoms with E-state index in [1.807, 2.05) is 28.8 Å². The second kappa shape index (κ2) is 8.03. The molecule has 27 heavy (non-hydrogen) atoms. The first-order valence-corrected chi connectivity index (χ1v) is 9.01. The van der Waals surface area contributed by atoms with Gasteiger partial charge >= 0.3 is 5.97 Å². The fraction of sp³-hybridized carbons (Fsp3) is 0.286. The van der Waals surface area contributed by atoms with Gasteiger partial charge in [-0.25, -0.2) is 4.79 Å². The number of nitrogens with zero attached hydrogens (tertiary/aromatic N) is 2. The highest BCUT2D eigenvalue weighted by Crippen LogP contribution is 2.16. The molecule has 0 saturated heterocycles. The van der Waals surface area contributed by atoms with Gasteiger partial charge in [-0.05, 0) is 24.6 Å². The number of methoxy groups -OCH3 is 1. The number of benzene rings is 2. The summed E-state index contributed by atoms with van der Waals surface area (Å²) < 4.78 is 8.41. The van der Waals surface area contributed by atoms with Crippen LogP contribution in [0.4, 0.5) is 0 Å². The third kappa shape index (κ3) is 3.56. The van der Waals surface area contributed by atoms with Crippen LogP contribution in [-0.2, 0) is 17.8 Å². The second-order valence-corrected chi connectivity index (χ2v) is 6.36. The molecule has 0 unspecified atom stereocenters. The number of nitrogens with one attached hydrogen (secondary N) is 1. The first-order chi connectivity index (χ1) is 13.1. The molecule has 0 amide bonds. The van der Waals surface area contributed by atoms with Crippen LogP contribution in [0.5, 0.6) is 0 Å². The van der Waals surface area contributed by atoms with Crippen LogP contribution in [0.1, 0.15) is 40.5 Å². The van der Waals surface area contributed by atoms with Crippen molar-refractivity contribution in [2.24, 2.45) is 0 Å². The first-order valence-electron chi connectivity index (χ1n) is 9.01. The van der Waals surface area contributed by atoms with Gasteiger partial charge in [0.05, 0.1) is 30.3 Å². The molecule has 1 heterocycles. The van der Waals surface area contributed by atoms with E-state index in [1.54, 1.807) is 28.8 Å². The molecule has 0 aliphatic carbocycles. The highest BCUT2D eigenvalue weighted by atomic mass is 16.5. The number of Topliss-reactive ketones (excluding diaryl/α,β-unsaturated/α-hetero) is 1. The Balaban J connectivity index is 2.03. The molecule has 0 bridgehead atoms. The van der Waals surface area contributed by atoms with Crippen LogP contribution in [0, 0.1) is 5.41 Å². The molecule has 2 aromatic carbocycles. The third-order valence-corrected chi connectivity index (χ3v) is 4.64. The molecular formula is C21H23N3O3. The fourth-order valence-electron chi connectivity index (χ4n) is 3.24. The molecule has 0 aliphatic heterocycles. The Morgan fingerprint density at radius 3 is 2.19 bits per heavy atom. The van der Waals surface area contributed by atoms with Crippen molar-refractivity contribution in [3.63, 3.8) is 0 Å². The maximum atomic E-state index is 13.0. The topological polar surface area (TPSA) is 77.1 Å². The predicted molar refractivity (Wildman–Crippen MR) is 103 cm³/mol. The molecular weight excluding hydrogens is 342 g/mol. The van der Waals surface area contributed by atoms with Crippen LogP contribution >= 0.6 is 0 Å². The van der Waals surface area contributed by atoms with Crippen molar-refractivity contribution in [3.05, 3.63) is 65.3 Å². The lowest BCUT2D eigenvalue weighted by Crippen LogP contribution is -2.28. The van der Waals surface area contributed by atoms with Crippen molar-refractivity contribution in [2.75, 3.05) is 7.11 Å². The highest BCUT2D eigenvalue weighted by Gasteiger charge is 2.19. The Labute approximate surface area is 157 Å². The lowest BCUT2D eigenvalue weighted by Gasteiger charge is -2.08. The number of rotatable bonds is 7. The summed E-state index contributed by atoms with van der Waals surface area (Å²) in [6.07, 6.45) is 1.99. The van der Waals surface area contributed by atoms with E-state index in [4.69, 9.17) is 10.1 Å². The van der Waals surface area contributed by atoms with E-state index in [0.717, 1.165) is 30.4 Å². The number of esters is 1. The van der Waals surface area contributed by atoms with Crippen molar-refractivity contribution in [1.82, 2.24) is 9.13 Å². The molecule has 1 aromatic heterocycles. The quantitative estimate of drug-likeness (QED) is 0.515. The van der Waals surface area contributed by atoms with E-state index in [-0.39, 0.29) is 23.5 Å². The summed E-state index contributed by atoms with van der Waals surface area (Å²) in [7, 11) is 1.29. The Hall–Kier alpha value is -3.15. The number of para-hydroxylation sites is 2. The van der Waals surface area contributed by atoms with Gasteiger partial charge in [-0.2, -0.15) is 0 Å². The van der Waals surface area contributed by atoms with E-state index in [1.165, 1.54) is 7.11 Å². The molecule has 6 nitrogen and oxygen atoms in total. The van der Waals surface area contributed by atoms with Crippen molar-refractivity contribution in [3.8, 4) is 0 Å². The number of aromatic nitrogens is 2. The van der Waals surface area contributed by atoms with E-state index in [9.17, 15) is 9.59 Å². The molecule has 3 aromatic rings. The summed E-state index contributed by atoms with van der Waals surface area (Å²) in [6.45, 7) is 2.83. The Bertz CT molecular complexity index is 1050. The minimum atomic E-state index is -0.541. The number of carbonyl (C=O) groups excluding carboxylic acids is 2. The summed E-state index contributed by atoms with van der Waals surface area (Å²) >= 11 is 0. The van der Waals surface area contributed by atoms with Gasteiger partial charge < -0.3 is 13.9 Å². The lowest BCUT2D eigenvalue weighted by atomic mass is 10.0. The number of carbonyl (C=O) groups is 2. The standard InChI is InChI=1S/C21H23N3O3/c1-3-4-13-23-17-11-7-8-12-18(17)24(21(23)22)14-19(25)15-9-5-6-10-16(15)20(26)27-2/h5-12,22H,3-4,13-14H2,1-2H3. The molecule has 1 N–H and O–H groups in total. The molecule has 140 valence electrons. The summed E-state index contributed by atoms with van der Waals surface area (Å²) in [4.78, 5) is 24.9. The van der Waals surface area contributed by atoms with Crippen LogP contribution in [0.3, 0.4) is 0 Å². The number of unbranched alkanes of at least 4 members (excludes halogenated alkanes) is 1. The zero-order valence-electron chi connectivity index (χ0n) is 15.6. The predicted octanol–water partition coefficient (Wildman–Crippen LogP) is 3.39. The largest absolute Gasteiger partial charge is 0.465 e. The monoisotopic (exact) mass is 365 g/mol. The Morgan fingerprint density at radius 1 is 0.963 bits per heavy atom. The van der Waals surface area contributed by atoms with Gasteiger partial charge in [-0.15, -0.1) is 0 Å². The van der Waals surface area contributed by atoms with Crippen LogP contribution in [0.2, 0.25) is 0 Å². The van der Waals surface area contributed by atoms with Gasteiger partial charge in [0.1, 0.15) is 0 Å². The smallest absolute Gasteiger partial charge is 0.338 e. The molecule has 0 radical (unpaired) electrons. The molecule has 6 heteroatoms. The second-order valence-electron chi connectivity index (χ2n) is 6.36. The van der Waals surface area contributed by atoms with E-state index >= 15 is 0 Å². The summed E-state index contributed by atoms with van der Waals surface area (Å²) in [5.74, 6) is -0.770. The molecule has 0 aliphatic rings. The molecule has 0 saturated carbocycles. The fourth-order valence-corrected chi connectivity index (χ4v) is 3.24. The zero-order chi connectivity index (χ0) is 19.4. The summed E-state index contributed by atoms with van der Waals surface area (Å²) in [5.41, 5.74) is 2.61. The van der Waals surface area contributed by atoms with Gasteiger partial charge in [0.25, 0.3) is 0 Å². The number of hydrogen-bond donors (Lipinski definition) is 1.